The third-order valence-corrected chi connectivity index (χ3v) is 3.78. The van der Waals surface area contributed by atoms with Crippen LogP contribution in [0.4, 0.5) is 5.13 Å². The molecule has 0 unspecified atom stereocenters. The molecule has 5 heteroatoms. The SMILES string of the molecule is CCc1csc(NCCOC2CCNCC2)n1. The van der Waals surface area contributed by atoms with E-state index < -0.39 is 0 Å². The summed E-state index contributed by atoms with van der Waals surface area (Å²) in [6.07, 6.45) is 3.72. The summed E-state index contributed by atoms with van der Waals surface area (Å²) in [5.74, 6) is 0. The van der Waals surface area contributed by atoms with Crippen LogP contribution >= 0.6 is 11.3 Å². The Kier molecular flexibility index (Phi) is 5.22. The molecule has 0 radical (unpaired) electrons. The van der Waals surface area contributed by atoms with Crippen LogP contribution in [0.25, 0.3) is 0 Å². The summed E-state index contributed by atoms with van der Waals surface area (Å²) in [4.78, 5) is 4.45. The Bertz CT molecular complexity index is 323. The van der Waals surface area contributed by atoms with E-state index in [0.717, 1.165) is 56.3 Å². The number of hydrogen-bond donors (Lipinski definition) is 2. The normalized spacial score (nSPS) is 17.2. The van der Waals surface area contributed by atoms with E-state index in [1.165, 1.54) is 0 Å². The molecule has 0 spiro atoms. The van der Waals surface area contributed by atoms with Crippen LogP contribution in [0.1, 0.15) is 25.5 Å². The Morgan fingerprint density at radius 2 is 2.35 bits per heavy atom. The van der Waals surface area contributed by atoms with E-state index in [4.69, 9.17) is 4.74 Å². The van der Waals surface area contributed by atoms with Crippen molar-refractivity contribution in [1.82, 2.24) is 10.3 Å². The minimum absolute atomic E-state index is 0.445. The maximum absolute atomic E-state index is 5.81. The molecule has 1 fully saturated rings. The summed E-state index contributed by atoms with van der Waals surface area (Å²) in [7, 11) is 0. The van der Waals surface area contributed by atoms with Gasteiger partial charge in [0, 0.05) is 11.9 Å². The maximum atomic E-state index is 5.81. The van der Waals surface area contributed by atoms with Gasteiger partial charge in [0.15, 0.2) is 5.13 Å². The number of ether oxygens (including phenoxy) is 1. The molecule has 1 aromatic heterocycles. The minimum Gasteiger partial charge on any atom is -0.376 e. The molecular weight excluding hydrogens is 234 g/mol. The molecule has 1 aliphatic heterocycles. The summed E-state index contributed by atoms with van der Waals surface area (Å²) in [6.45, 7) is 5.92. The van der Waals surface area contributed by atoms with Crippen molar-refractivity contribution < 1.29 is 4.74 Å². The molecule has 0 atom stereocenters. The van der Waals surface area contributed by atoms with E-state index in [9.17, 15) is 0 Å². The fourth-order valence-corrected chi connectivity index (χ4v) is 2.72. The van der Waals surface area contributed by atoms with Gasteiger partial charge in [0.05, 0.1) is 18.4 Å². The second kappa shape index (κ2) is 6.93. The molecule has 0 aliphatic carbocycles. The lowest BCUT2D eigenvalue weighted by Crippen LogP contribution is -2.33. The maximum Gasteiger partial charge on any atom is 0.182 e. The van der Waals surface area contributed by atoms with Crippen molar-refractivity contribution in [2.75, 3.05) is 31.6 Å². The lowest BCUT2D eigenvalue weighted by molar-refractivity contribution is 0.0394. The van der Waals surface area contributed by atoms with Gasteiger partial charge in [-0.2, -0.15) is 0 Å². The first kappa shape index (κ1) is 12.8. The molecule has 2 rings (SSSR count). The zero-order valence-electron chi connectivity index (χ0n) is 10.4. The standard InChI is InChI=1S/C12H21N3OS/c1-2-10-9-17-12(15-10)14-7-8-16-11-3-5-13-6-4-11/h9,11,13H,2-8H2,1H3,(H,14,15). The van der Waals surface area contributed by atoms with E-state index >= 15 is 0 Å². The smallest absolute Gasteiger partial charge is 0.182 e. The van der Waals surface area contributed by atoms with E-state index in [1.807, 2.05) is 0 Å². The number of nitrogens with zero attached hydrogens (tertiary/aromatic N) is 1. The van der Waals surface area contributed by atoms with Crippen molar-refractivity contribution in [3.8, 4) is 0 Å². The first-order valence-electron chi connectivity index (χ1n) is 6.39. The number of rotatable bonds is 6. The Morgan fingerprint density at radius 3 is 3.06 bits per heavy atom. The molecule has 0 saturated carbocycles. The van der Waals surface area contributed by atoms with Gasteiger partial charge in [-0.25, -0.2) is 4.98 Å². The monoisotopic (exact) mass is 255 g/mol. The number of thiazole rings is 1. The lowest BCUT2D eigenvalue weighted by atomic mass is 10.1. The number of hydrogen-bond acceptors (Lipinski definition) is 5. The van der Waals surface area contributed by atoms with Crippen molar-refractivity contribution in [1.29, 1.82) is 0 Å². The molecule has 2 N–H and O–H groups in total. The number of piperidine rings is 1. The molecule has 0 amide bonds. The zero-order chi connectivity index (χ0) is 11.9. The predicted molar refractivity (Wildman–Crippen MR) is 71.8 cm³/mol. The van der Waals surface area contributed by atoms with Crippen LogP contribution in [-0.2, 0) is 11.2 Å². The summed E-state index contributed by atoms with van der Waals surface area (Å²) >= 11 is 1.67. The van der Waals surface area contributed by atoms with Crippen molar-refractivity contribution in [2.45, 2.75) is 32.3 Å². The first-order chi connectivity index (χ1) is 8.38. The van der Waals surface area contributed by atoms with E-state index in [0.29, 0.717) is 6.10 Å². The van der Waals surface area contributed by atoms with Crippen LogP contribution in [0.2, 0.25) is 0 Å². The highest BCUT2D eigenvalue weighted by atomic mass is 32.1. The predicted octanol–water partition coefficient (Wildman–Crippen LogP) is 1.89. The zero-order valence-corrected chi connectivity index (χ0v) is 11.2. The fourth-order valence-electron chi connectivity index (χ4n) is 1.90. The molecule has 0 aromatic carbocycles. The number of nitrogens with one attached hydrogen (secondary N) is 2. The van der Waals surface area contributed by atoms with Crippen LogP contribution in [0.5, 0.6) is 0 Å². The van der Waals surface area contributed by atoms with Crippen molar-refractivity contribution in [2.24, 2.45) is 0 Å². The summed E-state index contributed by atoms with van der Waals surface area (Å²) in [5, 5.41) is 9.76. The largest absolute Gasteiger partial charge is 0.376 e. The highest BCUT2D eigenvalue weighted by Gasteiger charge is 2.12. The van der Waals surface area contributed by atoms with Gasteiger partial charge in [-0.05, 0) is 32.4 Å². The van der Waals surface area contributed by atoms with Gasteiger partial charge in [-0.3, -0.25) is 0 Å². The Labute approximate surface area is 107 Å². The van der Waals surface area contributed by atoms with Gasteiger partial charge < -0.3 is 15.4 Å². The molecule has 1 saturated heterocycles. The van der Waals surface area contributed by atoms with Gasteiger partial charge >= 0.3 is 0 Å². The van der Waals surface area contributed by atoms with Crippen LogP contribution in [0.3, 0.4) is 0 Å². The molecule has 1 aliphatic rings. The Hall–Kier alpha value is -0.650. The van der Waals surface area contributed by atoms with E-state index in [1.54, 1.807) is 11.3 Å². The van der Waals surface area contributed by atoms with Crippen LogP contribution in [-0.4, -0.2) is 37.3 Å². The number of aryl methyl sites for hydroxylation is 1. The molecule has 17 heavy (non-hydrogen) atoms. The number of aromatic nitrogens is 1. The fraction of sp³-hybridized carbons (Fsp3) is 0.750. The van der Waals surface area contributed by atoms with Crippen molar-refractivity contribution in [3.05, 3.63) is 11.1 Å². The quantitative estimate of drug-likeness (QED) is 0.762. The number of anilines is 1. The molecular formula is C12H21N3OS. The third-order valence-electron chi connectivity index (χ3n) is 2.93. The lowest BCUT2D eigenvalue weighted by Gasteiger charge is -2.22. The average molecular weight is 255 g/mol. The molecule has 0 bridgehead atoms. The topological polar surface area (TPSA) is 46.2 Å². The van der Waals surface area contributed by atoms with Crippen molar-refractivity contribution >= 4 is 16.5 Å². The van der Waals surface area contributed by atoms with E-state index in [2.05, 4.69) is 27.9 Å². The Morgan fingerprint density at radius 1 is 1.53 bits per heavy atom. The highest BCUT2D eigenvalue weighted by molar-refractivity contribution is 7.13. The van der Waals surface area contributed by atoms with Gasteiger partial charge in [0.25, 0.3) is 0 Å². The summed E-state index contributed by atoms with van der Waals surface area (Å²) in [6, 6.07) is 0. The van der Waals surface area contributed by atoms with Gasteiger partial charge in [0.2, 0.25) is 0 Å². The molecule has 96 valence electrons. The Balaban J connectivity index is 1.59. The van der Waals surface area contributed by atoms with Crippen LogP contribution < -0.4 is 10.6 Å². The van der Waals surface area contributed by atoms with Gasteiger partial charge in [-0.15, -0.1) is 11.3 Å². The van der Waals surface area contributed by atoms with Gasteiger partial charge in [-0.1, -0.05) is 6.92 Å². The average Bonchev–Trinajstić information content (AvgIpc) is 2.84. The second-order valence-electron chi connectivity index (χ2n) is 4.24. The van der Waals surface area contributed by atoms with Gasteiger partial charge in [0.1, 0.15) is 0 Å². The minimum atomic E-state index is 0.445. The molecule has 4 nitrogen and oxygen atoms in total. The van der Waals surface area contributed by atoms with Crippen molar-refractivity contribution in [3.63, 3.8) is 0 Å². The third kappa shape index (κ3) is 4.26. The molecule has 1 aromatic rings. The first-order valence-corrected chi connectivity index (χ1v) is 7.27. The van der Waals surface area contributed by atoms with E-state index in [-0.39, 0.29) is 0 Å². The highest BCUT2D eigenvalue weighted by Crippen LogP contribution is 2.15. The van der Waals surface area contributed by atoms with Crippen LogP contribution in [0.15, 0.2) is 5.38 Å². The summed E-state index contributed by atoms with van der Waals surface area (Å²) < 4.78 is 5.81. The molecule has 2 heterocycles. The van der Waals surface area contributed by atoms with Crippen LogP contribution in [0, 0.1) is 0 Å². The summed E-state index contributed by atoms with van der Waals surface area (Å²) in [5.41, 5.74) is 1.16. The second-order valence-corrected chi connectivity index (χ2v) is 5.10.